The Bertz CT molecular complexity index is 555. The van der Waals surface area contributed by atoms with Gasteiger partial charge in [-0.05, 0) is 50.3 Å². The van der Waals surface area contributed by atoms with Gasteiger partial charge in [-0.1, -0.05) is 13.0 Å². The van der Waals surface area contributed by atoms with Gasteiger partial charge in [0.05, 0.1) is 18.2 Å². The summed E-state index contributed by atoms with van der Waals surface area (Å²) in [7, 11) is 1.91. The second-order valence-electron chi connectivity index (χ2n) is 7.38. The average Bonchev–Trinajstić information content (AvgIpc) is 2.68. The van der Waals surface area contributed by atoms with Crippen molar-refractivity contribution in [1.29, 1.82) is 0 Å². The van der Waals surface area contributed by atoms with Gasteiger partial charge < -0.3 is 9.64 Å². The van der Waals surface area contributed by atoms with Gasteiger partial charge in [0.1, 0.15) is 0 Å². The molecule has 1 aromatic heterocycles. The molecule has 25 heavy (non-hydrogen) atoms. The molecule has 0 aliphatic carbocycles. The van der Waals surface area contributed by atoms with Gasteiger partial charge in [-0.2, -0.15) is 0 Å². The SMILES string of the molecule is CCc1ccc(CN(C)C(=O)[C@H]2CCCN(C3CCOCC3)C2)nc1. The first-order valence-electron chi connectivity index (χ1n) is 9.68. The van der Waals surface area contributed by atoms with Crippen molar-refractivity contribution in [3.8, 4) is 0 Å². The molecule has 0 bridgehead atoms. The molecule has 3 heterocycles. The van der Waals surface area contributed by atoms with E-state index in [0.717, 1.165) is 64.1 Å². The van der Waals surface area contributed by atoms with E-state index in [4.69, 9.17) is 4.74 Å². The van der Waals surface area contributed by atoms with Crippen molar-refractivity contribution in [2.24, 2.45) is 5.92 Å². The molecule has 2 fully saturated rings. The van der Waals surface area contributed by atoms with Crippen molar-refractivity contribution >= 4 is 5.91 Å². The number of ether oxygens (including phenoxy) is 1. The number of amides is 1. The third-order valence-corrected chi connectivity index (χ3v) is 5.58. The van der Waals surface area contributed by atoms with Gasteiger partial charge in [0.2, 0.25) is 5.91 Å². The molecule has 3 rings (SSSR count). The smallest absolute Gasteiger partial charge is 0.227 e. The second-order valence-corrected chi connectivity index (χ2v) is 7.38. The molecule has 0 unspecified atom stereocenters. The van der Waals surface area contributed by atoms with Crippen LogP contribution in [0, 0.1) is 5.92 Å². The highest BCUT2D eigenvalue weighted by Gasteiger charge is 2.31. The van der Waals surface area contributed by atoms with E-state index in [1.165, 1.54) is 5.56 Å². The quantitative estimate of drug-likeness (QED) is 0.822. The van der Waals surface area contributed by atoms with Crippen molar-refractivity contribution < 1.29 is 9.53 Å². The van der Waals surface area contributed by atoms with Crippen LogP contribution in [-0.4, -0.2) is 60.1 Å². The fraction of sp³-hybridized carbons (Fsp3) is 0.700. The Labute approximate surface area is 151 Å². The molecular formula is C20H31N3O2. The molecule has 5 nitrogen and oxygen atoms in total. The largest absolute Gasteiger partial charge is 0.381 e. The van der Waals surface area contributed by atoms with Gasteiger partial charge in [0, 0.05) is 39.0 Å². The summed E-state index contributed by atoms with van der Waals surface area (Å²) in [5.74, 6) is 0.384. The van der Waals surface area contributed by atoms with E-state index in [1.54, 1.807) is 0 Å². The van der Waals surface area contributed by atoms with Crippen LogP contribution in [0.15, 0.2) is 18.3 Å². The van der Waals surface area contributed by atoms with Crippen molar-refractivity contribution in [1.82, 2.24) is 14.8 Å². The van der Waals surface area contributed by atoms with E-state index in [9.17, 15) is 4.79 Å². The Hall–Kier alpha value is -1.46. The van der Waals surface area contributed by atoms with E-state index in [2.05, 4.69) is 22.9 Å². The van der Waals surface area contributed by atoms with Crippen molar-refractivity contribution in [2.75, 3.05) is 33.4 Å². The van der Waals surface area contributed by atoms with Gasteiger partial charge in [-0.15, -0.1) is 0 Å². The molecule has 1 aromatic rings. The molecule has 1 amide bonds. The molecule has 2 saturated heterocycles. The third-order valence-electron chi connectivity index (χ3n) is 5.58. The van der Waals surface area contributed by atoms with Crippen molar-refractivity contribution in [3.05, 3.63) is 29.6 Å². The number of nitrogens with zero attached hydrogens (tertiary/aromatic N) is 3. The number of likely N-dealkylation sites (tertiary alicyclic amines) is 1. The Morgan fingerprint density at radius 2 is 2.12 bits per heavy atom. The fourth-order valence-corrected chi connectivity index (χ4v) is 3.98. The molecule has 0 aromatic carbocycles. The third kappa shape index (κ3) is 4.79. The first-order valence-corrected chi connectivity index (χ1v) is 9.68. The van der Waals surface area contributed by atoms with Crippen LogP contribution in [0.5, 0.6) is 0 Å². The number of aromatic nitrogens is 1. The minimum atomic E-state index is 0.122. The lowest BCUT2D eigenvalue weighted by molar-refractivity contribution is -0.137. The van der Waals surface area contributed by atoms with Crippen LogP contribution in [0.25, 0.3) is 0 Å². The molecule has 0 radical (unpaired) electrons. The molecule has 0 saturated carbocycles. The number of aryl methyl sites for hydroxylation is 1. The molecule has 0 spiro atoms. The lowest BCUT2D eigenvalue weighted by Crippen LogP contribution is -2.48. The van der Waals surface area contributed by atoms with E-state index in [-0.39, 0.29) is 11.8 Å². The molecule has 2 aliphatic rings. The van der Waals surface area contributed by atoms with E-state index >= 15 is 0 Å². The zero-order valence-electron chi connectivity index (χ0n) is 15.6. The van der Waals surface area contributed by atoms with E-state index in [0.29, 0.717) is 12.6 Å². The van der Waals surface area contributed by atoms with Crippen LogP contribution in [0.2, 0.25) is 0 Å². The molecule has 2 aliphatic heterocycles. The van der Waals surface area contributed by atoms with Crippen LogP contribution >= 0.6 is 0 Å². The van der Waals surface area contributed by atoms with Gasteiger partial charge in [0.15, 0.2) is 0 Å². The molecular weight excluding hydrogens is 314 g/mol. The Morgan fingerprint density at radius 3 is 2.80 bits per heavy atom. The van der Waals surface area contributed by atoms with Gasteiger partial charge in [0.25, 0.3) is 0 Å². The van der Waals surface area contributed by atoms with Crippen LogP contribution in [0.1, 0.15) is 43.9 Å². The fourth-order valence-electron chi connectivity index (χ4n) is 3.98. The maximum absolute atomic E-state index is 12.9. The predicted molar refractivity (Wildman–Crippen MR) is 98.2 cm³/mol. The standard InChI is InChI=1S/C20H31N3O2/c1-3-16-6-7-18(21-13-16)15-22(2)20(24)17-5-4-10-23(14-17)19-8-11-25-12-9-19/h6-7,13,17,19H,3-5,8-12,14-15H2,1-2H3/t17-/m0/s1. The second kappa shape index (κ2) is 8.77. The number of carbonyl (C=O) groups is 1. The van der Waals surface area contributed by atoms with Gasteiger partial charge >= 0.3 is 0 Å². The lowest BCUT2D eigenvalue weighted by atomic mass is 9.93. The first-order chi connectivity index (χ1) is 12.2. The summed E-state index contributed by atoms with van der Waals surface area (Å²) in [4.78, 5) is 21.8. The molecule has 1 atom stereocenters. The van der Waals surface area contributed by atoms with Crippen molar-refractivity contribution in [3.63, 3.8) is 0 Å². The number of rotatable bonds is 5. The Morgan fingerprint density at radius 1 is 1.32 bits per heavy atom. The summed E-state index contributed by atoms with van der Waals surface area (Å²) in [6.07, 6.45) is 7.23. The van der Waals surface area contributed by atoms with E-state index < -0.39 is 0 Å². The van der Waals surface area contributed by atoms with Crippen LogP contribution in [0.4, 0.5) is 0 Å². The summed E-state index contributed by atoms with van der Waals surface area (Å²) in [5.41, 5.74) is 2.20. The number of piperidine rings is 1. The number of pyridine rings is 1. The lowest BCUT2D eigenvalue weighted by Gasteiger charge is -2.40. The minimum Gasteiger partial charge on any atom is -0.381 e. The maximum atomic E-state index is 12.9. The first kappa shape index (κ1) is 18.3. The monoisotopic (exact) mass is 345 g/mol. The number of hydrogen-bond acceptors (Lipinski definition) is 4. The summed E-state index contributed by atoms with van der Waals surface area (Å²) in [6, 6.07) is 4.74. The number of hydrogen-bond donors (Lipinski definition) is 0. The van der Waals surface area contributed by atoms with Crippen LogP contribution in [-0.2, 0) is 22.5 Å². The summed E-state index contributed by atoms with van der Waals surface area (Å²) in [5, 5.41) is 0. The maximum Gasteiger partial charge on any atom is 0.227 e. The topological polar surface area (TPSA) is 45.7 Å². The van der Waals surface area contributed by atoms with Crippen molar-refractivity contribution in [2.45, 2.75) is 51.6 Å². The Kier molecular flexibility index (Phi) is 6.43. The molecule has 138 valence electrons. The summed E-state index contributed by atoms with van der Waals surface area (Å²) in [6.45, 7) is 6.46. The normalized spacial score (nSPS) is 22.7. The summed E-state index contributed by atoms with van der Waals surface area (Å²) >= 11 is 0. The highest BCUT2D eigenvalue weighted by molar-refractivity contribution is 5.78. The molecule has 0 N–H and O–H groups in total. The predicted octanol–water partition coefficient (Wildman–Crippen LogP) is 2.49. The van der Waals surface area contributed by atoms with Crippen LogP contribution in [0.3, 0.4) is 0 Å². The van der Waals surface area contributed by atoms with E-state index in [1.807, 2.05) is 24.2 Å². The zero-order chi connectivity index (χ0) is 17.6. The van der Waals surface area contributed by atoms with Gasteiger partial charge in [-0.25, -0.2) is 0 Å². The zero-order valence-corrected chi connectivity index (χ0v) is 15.6. The number of carbonyl (C=O) groups excluding carboxylic acids is 1. The highest BCUT2D eigenvalue weighted by atomic mass is 16.5. The van der Waals surface area contributed by atoms with Crippen LogP contribution < -0.4 is 0 Å². The average molecular weight is 345 g/mol. The van der Waals surface area contributed by atoms with Gasteiger partial charge in [-0.3, -0.25) is 14.7 Å². The highest BCUT2D eigenvalue weighted by Crippen LogP contribution is 2.24. The minimum absolute atomic E-state index is 0.122. The summed E-state index contributed by atoms with van der Waals surface area (Å²) < 4.78 is 5.48. The Balaban J connectivity index is 1.55. The molecule has 5 heteroatoms.